The van der Waals surface area contributed by atoms with Crippen molar-refractivity contribution in [3.63, 3.8) is 0 Å². The molecule has 0 atom stereocenters. The summed E-state index contributed by atoms with van der Waals surface area (Å²) in [5.41, 5.74) is 8.89. The number of carbonyl (C=O) groups excluding carboxylic acids is 1. The Bertz CT molecular complexity index is 1440. The number of fused-ring (bicyclic) bond motifs is 3. The molecule has 0 spiro atoms. The van der Waals surface area contributed by atoms with Crippen molar-refractivity contribution < 1.29 is 4.79 Å². The molecule has 1 aliphatic rings. The van der Waals surface area contributed by atoms with Crippen LogP contribution in [0.15, 0.2) is 133 Å². The zero-order valence-electron chi connectivity index (χ0n) is 19.5. The van der Waals surface area contributed by atoms with Crippen LogP contribution < -0.4 is 0 Å². The number of hydrogen-bond acceptors (Lipinski definition) is 1. The van der Waals surface area contributed by atoms with Crippen molar-refractivity contribution in [2.75, 3.05) is 0 Å². The fourth-order valence-electron chi connectivity index (χ4n) is 5.68. The number of benzene rings is 5. The molecule has 5 aromatic rings. The molecule has 1 nitrogen and oxygen atoms in total. The van der Waals surface area contributed by atoms with Crippen LogP contribution in [0.4, 0.5) is 0 Å². The van der Waals surface area contributed by atoms with E-state index in [0.29, 0.717) is 0 Å². The molecule has 35 heavy (non-hydrogen) atoms. The third-order valence-corrected chi connectivity index (χ3v) is 7.26. The molecule has 0 unspecified atom stereocenters. The van der Waals surface area contributed by atoms with Gasteiger partial charge in [0.2, 0.25) is 0 Å². The minimum absolute atomic E-state index is 0.0673. The first kappa shape index (κ1) is 21.3. The lowest BCUT2D eigenvalue weighted by Crippen LogP contribution is -2.31. The zero-order chi connectivity index (χ0) is 23.7. The molecule has 0 fully saturated rings. The summed E-state index contributed by atoms with van der Waals surface area (Å²) in [7, 11) is 0. The monoisotopic (exact) mass is 450 g/mol. The predicted molar refractivity (Wildman–Crippen MR) is 143 cm³/mol. The summed E-state index contributed by atoms with van der Waals surface area (Å²) >= 11 is 0. The van der Waals surface area contributed by atoms with Crippen LogP contribution in [0, 0.1) is 0 Å². The van der Waals surface area contributed by atoms with Gasteiger partial charge in [-0.25, -0.2) is 0 Å². The van der Waals surface area contributed by atoms with Gasteiger partial charge in [-0.3, -0.25) is 4.79 Å². The minimum Gasteiger partial charge on any atom is -0.289 e. The van der Waals surface area contributed by atoms with Crippen LogP contribution in [0.2, 0.25) is 0 Å². The normalized spacial score (nSPS) is 13.1. The van der Waals surface area contributed by atoms with E-state index in [0.717, 1.165) is 24.0 Å². The summed E-state index contributed by atoms with van der Waals surface area (Å²) in [6.07, 6.45) is 1.74. The van der Waals surface area contributed by atoms with Gasteiger partial charge in [-0.1, -0.05) is 127 Å². The predicted octanol–water partition coefficient (Wildman–Crippen LogP) is 7.67. The number of carbonyl (C=O) groups is 1. The van der Waals surface area contributed by atoms with Crippen LogP contribution in [0.25, 0.3) is 11.1 Å². The SMILES string of the molecule is O=C(c1ccccc1)c1ccc2c(c1)C(Cc1ccccc1)(Cc1ccccc1)c1ccccc1-2. The first-order chi connectivity index (χ1) is 17.2. The van der Waals surface area contributed by atoms with Gasteiger partial charge in [0.1, 0.15) is 0 Å². The maximum atomic E-state index is 13.4. The minimum atomic E-state index is -0.262. The first-order valence-corrected chi connectivity index (χ1v) is 12.2. The van der Waals surface area contributed by atoms with Gasteiger partial charge in [-0.05, 0) is 52.3 Å². The Morgan fingerprint density at radius 2 is 1.00 bits per heavy atom. The topological polar surface area (TPSA) is 17.1 Å². The van der Waals surface area contributed by atoms with Gasteiger partial charge in [0.05, 0.1) is 0 Å². The number of rotatable bonds is 6. The standard InChI is InChI=1S/C34H26O/c35-33(27-16-8-3-9-17-27)28-20-21-30-29-18-10-11-19-31(29)34(32(30)22-28,23-25-12-4-1-5-13-25)24-26-14-6-2-7-15-26/h1-22H,23-24H2. The molecule has 0 N–H and O–H groups in total. The van der Waals surface area contributed by atoms with Crippen molar-refractivity contribution in [2.45, 2.75) is 18.3 Å². The summed E-state index contributed by atoms with van der Waals surface area (Å²) in [5, 5.41) is 0. The van der Waals surface area contributed by atoms with Gasteiger partial charge >= 0.3 is 0 Å². The molecule has 0 radical (unpaired) electrons. The van der Waals surface area contributed by atoms with Crippen molar-refractivity contribution in [1.82, 2.24) is 0 Å². The molecule has 0 saturated heterocycles. The highest BCUT2D eigenvalue weighted by molar-refractivity contribution is 6.09. The Hall–Kier alpha value is -4.23. The number of hydrogen-bond donors (Lipinski definition) is 0. The van der Waals surface area contributed by atoms with Crippen LogP contribution in [-0.2, 0) is 18.3 Å². The second-order valence-electron chi connectivity index (χ2n) is 9.41. The summed E-state index contributed by atoms with van der Waals surface area (Å²) in [5.74, 6) is 0.0673. The lowest BCUT2D eigenvalue weighted by Gasteiger charge is -2.33. The molecule has 1 aliphatic carbocycles. The van der Waals surface area contributed by atoms with E-state index < -0.39 is 0 Å². The summed E-state index contributed by atoms with van der Waals surface area (Å²) in [4.78, 5) is 13.4. The molecule has 168 valence electrons. The summed E-state index contributed by atoms with van der Waals surface area (Å²) in [6, 6.07) is 46.1. The molecule has 6 rings (SSSR count). The Balaban J connectivity index is 1.57. The fraction of sp³-hybridized carbons (Fsp3) is 0.0882. The van der Waals surface area contributed by atoms with Gasteiger partial charge in [-0.15, -0.1) is 0 Å². The second-order valence-corrected chi connectivity index (χ2v) is 9.41. The average Bonchev–Trinajstić information content (AvgIpc) is 3.19. The van der Waals surface area contributed by atoms with Crippen LogP contribution in [-0.4, -0.2) is 5.78 Å². The number of ketones is 1. The van der Waals surface area contributed by atoms with Gasteiger partial charge < -0.3 is 0 Å². The van der Waals surface area contributed by atoms with Crippen molar-refractivity contribution in [3.8, 4) is 11.1 Å². The molecular formula is C34H26O. The van der Waals surface area contributed by atoms with E-state index in [1.807, 2.05) is 36.4 Å². The van der Waals surface area contributed by atoms with Gasteiger partial charge in [0.25, 0.3) is 0 Å². The molecule has 0 aromatic heterocycles. The van der Waals surface area contributed by atoms with Crippen LogP contribution in [0.3, 0.4) is 0 Å². The lowest BCUT2D eigenvalue weighted by atomic mass is 9.69. The Morgan fingerprint density at radius 1 is 0.486 bits per heavy atom. The van der Waals surface area contributed by atoms with E-state index in [9.17, 15) is 4.79 Å². The highest BCUT2D eigenvalue weighted by Crippen LogP contribution is 2.52. The largest absolute Gasteiger partial charge is 0.289 e. The fourth-order valence-corrected chi connectivity index (χ4v) is 5.68. The Kier molecular flexibility index (Phi) is 5.39. The maximum absolute atomic E-state index is 13.4. The van der Waals surface area contributed by atoms with Crippen LogP contribution in [0.1, 0.15) is 38.2 Å². The van der Waals surface area contributed by atoms with Crippen LogP contribution in [0.5, 0.6) is 0 Å². The molecule has 0 amide bonds. The van der Waals surface area contributed by atoms with Crippen molar-refractivity contribution in [2.24, 2.45) is 0 Å². The Morgan fingerprint density at radius 3 is 1.63 bits per heavy atom. The third-order valence-electron chi connectivity index (χ3n) is 7.26. The molecule has 0 bridgehead atoms. The molecule has 0 aliphatic heterocycles. The van der Waals surface area contributed by atoms with Crippen molar-refractivity contribution >= 4 is 5.78 Å². The van der Waals surface area contributed by atoms with Crippen LogP contribution >= 0.6 is 0 Å². The molecule has 5 aromatic carbocycles. The summed E-state index contributed by atoms with van der Waals surface area (Å²) < 4.78 is 0. The molecule has 0 saturated carbocycles. The van der Waals surface area contributed by atoms with E-state index in [2.05, 4.69) is 97.1 Å². The van der Waals surface area contributed by atoms with E-state index in [1.54, 1.807) is 0 Å². The van der Waals surface area contributed by atoms with E-state index in [1.165, 1.54) is 33.4 Å². The smallest absolute Gasteiger partial charge is 0.193 e. The Labute approximate surface area is 206 Å². The van der Waals surface area contributed by atoms with E-state index in [4.69, 9.17) is 0 Å². The molecular weight excluding hydrogens is 424 g/mol. The van der Waals surface area contributed by atoms with E-state index >= 15 is 0 Å². The van der Waals surface area contributed by atoms with Crippen molar-refractivity contribution in [1.29, 1.82) is 0 Å². The van der Waals surface area contributed by atoms with Gasteiger partial charge in [0, 0.05) is 16.5 Å². The lowest BCUT2D eigenvalue weighted by molar-refractivity contribution is 0.103. The highest BCUT2D eigenvalue weighted by Gasteiger charge is 2.43. The molecule has 0 heterocycles. The van der Waals surface area contributed by atoms with Crippen molar-refractivity contribution in [3.05, 3.63) is 167 Å². The quantitative estimate of drug-likeness (QED) is 0.243. The third kappa shape index (κ3) is 3.80. The van der Waals surface area contributed by atoms with Gasteiger partial charge in [-0.2, -0.15) is 0 Å². The highest BCUT2D eigenvalue weighted by atomic mass is 16.1. The zero-order valence-corrected chi connectivity index (χ0v) is 19.5. The summed E-state index contributed by atoms with van der Waals surface area (Å²) in [6.45, 7) is 0. The molecule has 1 heteroatoms. The van der Waals surface area contributed by atoms with Gasteiger partial charge in [0.15, 0.2) is 5.78 Å². The average molecular weight is 451 g/mol. The van der Waals surface area contributed by atoms with E-state index in [-0.39, 0.29) is 11.2 Å². The first-order valence-electron chi connectivity index (χ1n) is 12.2. The second kappa shape index (κ2) is 8.85. The maximum Gasteiger partial charge on any atom is 0.193 e.